The minimum Gasteiger partial charge on any atom is -0.496 e. The van der Waals surface area contributed by atoms with Gasteiger partial charge >= 0.3 is 0 Å². The Kier molecular flexibility index (Phi) is 6.84. The molecule has 1 amide bonds. The molecule has 3 heteroatoms. The Morgan fingerprint density at radius 1 is 1.15 bits per heavy atom. The first-order valence-corrected chi connectivity index (χ1v) is 9.30. The minimum atomic E-state index is 0.0288. The Balaban J connectivity index is 1.84. The van der Waals surface area contributed by atoms with Gasteiger partial charge in [0.05, 0.1) is 7.11 Å². The third kappa shape index (κ3) is 5.62. The molecule has 0 saturated heterocycles. The summed E-state index contributed by atoms with van der Waals surface area (Å²) in [5.41, 5.74) is 3.59. The maximum absolute atomic E-state index is 12.3. The van der Waals surface area contributed by atoms with Gasteiger partial charge in [-0.05, 0) is 54.9 Å². The maximum Gasteiger partial charge on any atom is 0.220 e. The molecule has 1 N–H and O–H groups in total. The molecule has 0 bridgehead atoms. The lowest BCUT2D eigenvalue weighted by molar-refractivity contribution is -0.121. The minimum absolute atomic E-state index is 0.0288. The molecule has 2 aromatic carbocycles. The second-order valence-electron chi connectivity index (χ2n) is 7.73. The summed E-state index contributed by atoms with van der Waals surface area (Å²) in [6, 6.07) is 16.7. The zero-order valence-corrected chi connectivity index (χ0v) is 16.6. The van der Waals surface area contributed by atoms with E-state index in [0.29, 0.717) is 6.42 Å². The SMILES string of the molecule is COc1ccc(CCC(=O)NC(C)CC(C)(C)c2ccccc2)cc1C. The van der Waals surface area contributed by atoms with E-state index in [4.69, 9.17) is 4.74 Å². The third-order valence-corrected chi connectivity index (χ3v) is 4.88. The van der Waals surface area contributed by atoms with E-state index >= 15 is 0 Å². The number of benzene rings is 2. The maximum atomic E-state index is 12.3. The molecule has 0 spiro atoms. The molecule has 0 aliphatic heterocycles. The Morgan fingerprint density at radius 2 is 1.85 bits per heavy atom. The molecule has 3 nitrogen and oxygen atoms in total. The van der Waals surface area contributed by atoms with Crippen molar-refractivity contribution >= 4 is 5.91 Å². The van der Waals surface area contributed by atoms with Gasteiger partial charge in [-0.1, -0.05) is 56.3 Å². The summed E-state index contributed by atoms with van der Waals surface area (Å²) in [6.45, 7) is 8.56. The highest BCUT2D eigenvalue weighted by Crippen LogP contribution is 2.28. The van der Waals surface area contributed by atoms with Crippen LogP contribution in [-0.2, 0) is 16.6 Å². The standard InChI is InChI=1S/C23H31NO2/c1-17-15-19(11-13-21(17)26-5)12-14-22(25)24-18(2)16-23(3,4)20-9-7-6-8-10-20/h6-11,13,15,18H,12,14,16H2,1-5H3,(H,24,25). The van der Waals surface area contributed by atoms with Gasteiger partial charge in [-0.15, -0.1) is 0 Å². The fraction of sp³-hybridized carbons (Fsp3) is 0.435. The van der Waals surface area contributed by atoms with Crippen molar-refractivity contribution in [2.75, 3.05) is 7.11 Å². The average Bonchev–Trinajstić information content (AvgIpc) is 2.60. The first kappa shape index (κ1) is 20.0. The highest BCUT2D eigenvalue weighted by atomic mass is 16.5. The molecule has 2 rings (SSSR count). The van der Waals surface area contributed by atoms with Gasteiger partial charge in [-0.3, -0.25) is 4.79 Å². The molecule has 0 aliphatic carbocycles. The number of amides is 1. The summed E-state index contributed by atoms with van der Waals surface area (Å²) < 4.78 is 5.28. The van der Waals surface area contributed by atoms with E-state index in [9.17, 15) is 4.79 Å². The molecule has 1 atom stereocenters. The zero-order valence-electron chi connectivity index (χ0n) is 16.6. The van der Waals surface area contributed by atoms with Crippen LogP contribution in [0.2, 0.25) is 0 Å². The fourth-order valence-electron chi connectivity index (χ4n) is 3.52. The summed E-state index contributed by atoms with van der Waals surface area (Å²) in [5, 5.41) is 3.15. The molecule has 0 saturated carbocycles. The molecule has 0 aliphatic rings. The van der Waals surface area contributed by atoms with Gasteiger partial charge in [0, 0.05) is 12.5 Å². The lowest BCUT2D eigenvalue weighted by Gasteiger charge is -2.29. The number of aryl methyl sites for hydroxylation is 2. The summed E-state index contributed by atoms with van der Waals surface area (Å²) in [4.78, 5) is 12.3. The van der Waals surface area contributed by atoms with Crippen LogP contribution in [0.3, 0.4) is 0 Å². The first-order valence-electron chi connectivity index (χ1n) is 9.30. The van der Waals surface area contributed by atoms with Gasteiger partial charge in [0.25, 0.3) is 0 Å². The highest BCUT2D eigenvalue weighted by molar-refractivity contribution is 5.76. The van der Waals surface area contributed by atoms with Crippen molar-refractivity contribution in [1.82, 2.24) is 5.32 Å². The van der Waals surface area contributed by atoms with Gasteiger partial charge in [0.15, 0.2) is 0 Å². The summed E-state index contributed by atoms with van der Waals surface area (Å²) in [7, 11) is 1.67. The van der Waals surface area contributed by atoms with Crippen molar-refractivity contribution in [3.8, 4) is 5.75 Å². The third-order valence-electron chi connectivity index (χ3n) is 4.88. The lowest BCUT2D eigenvalue weighted by Crippen LogP contribution is -2.37. The molecule has 0 heterocycles. The molecule has 140 valence electrons. The van der Waals surface area contributed by atoms with E-state index < -0.39 is 0 Å². The van der Waals surface area contributed by atoms with E-state index in [1.165, 1.54) is 5.56 Å². The molecule has 1 unspecified atom stereocenters. The van der Waals surface area contributed by atoms with Crippen molar-refractivity contribution in [1.29, 1.82) is 0 Å². The Bertz CT molecular complexity index is 722. The van der Waals surface area contributed by atoms with Gasteiger partial charge < -0.3 is 10.1 Å². The fourth-order valence-corrected chi connectivity index (χ4v) is 3.52. The van der Waals surface area contributed by atoms with E-state index in [-0.39, 0.29) is 17.4 Å². The Labute approximate surface area is 157 Å². The smallest absolute Gasteiger partial charge is 0.220 e. The number of ether oxygens (including phenoxy) is 1. The van der Waals surface area contributed by atoms with Crippen molar-refractivity contribution in [2.45, 2.75) is 58.4 Å². The van der Waals surface area contributed by atoms with E-state index in [1.807, 2.05) is 25.1 Å². The largest absolute Gasteiger partial charge is 0.496 e. The lowest BCUT2D eigenvalue weighted by atomic mass is 9.79. The van der Waals surface area contributed by atoms with Crippen molar-refractivity contribution in [2.24, 2.45) is 0 Å². The number of carbonyl (C=O) groups excluding carboxylic acids is 1. The zero-order chi connectivity index (χ0) is 19.2. The number of carbonyl (C=O) groups is 1. The van der Waals surface area contributed by atoms with Crippen LogP contribution in [0.5, 0.6) is 5.75 Å². The van der Waals surface area contributed by atoms with Crippen LogP contribution < -0.4 is 10.1 Å². The molecule has 0 radical (unpaired) electrons. The number of nitrogens with one attached hydrogen (secondary N) is 1. The molecule has 0 aromatic heterocycles. The highest BCUT2D eigenvalue weighted by Gasteiger charge is 2.23. The van der Waals surface area contributed by atoms with Crippen LogP contribution in [-0.4, -0.2) is 19.1 Å². The predicted octanol–water partition coefficient (Wildman–Crippen LogP) is 4.81. The monoisotopic (exact) mass is 353 g/mol. The number of hydrogen-bond donors (Lipinski definition) is 1. The van der Waals surface area contributed by atoms with Gasteiger partial charge in [0.2, 0.25) is 5.91 Å². The average molecular weight is 354 g/mol. The van der Waals surface area contributed by atoms with Crippen LogP contribution in [0.15, 0.2) is 48.5 Å². The summed E-state index contributed by atoms with van der Waals surface area (Å²) in [5.74, 6) is 0.991. The van der Waals surface area contributed by atoms with E-state index in [2.05, 4.69) is 56.4 Å². The molecular weight excluding hydrogens is 322 g/mol. The van der Waals surface area contributed by atoms with Crippen LogP contribution in [0.1, 0.15) is 50.3 Å². The van der Waals surface area contributed by atoms with Crippen molar-refractivity contribution < 1.29 is 9.53 Å². The normalized spacial score (nSPS) is 12.5. The van der Waals surface area contributed by atoms with E-state index in [1.54, 1.807) is 7.11 Å². The topological polar surface area (TPSA) is 38.3 Å². The van der Waals surface area contributed by atoms with Crippen LogP contribution >= 0.6 is 0 Å². The molecule has 0 fully saturated rings. The second-order valence-corrected chi connectivity index (χ2v) is 7.73. The predicted molar refractivity (Wildman–Crippen MR) is 108 cm³/mol. The Hall–Kier alpha value is -2.29. The number of methoxy groups -OCH3 is 1. The van der Waals surface area contributed by atoms with Crippen molar-refractivity contribution in [3.05, 3.63) is 65.2 Å². The summed E-state index contributed by atoms with van der Waals surface area (Å²) in [6.07, 6.45) is 2.15. The number of rotatable bonds is 8. The van der Waals surface area contributed by atoms with Crippen molar-refractivity contribution in [3.63, 3.8) is 0 Å². The second kappa shape index (κ2) is 8.88. The number of hydrogen-bond acceptors (Lipinski definition) is 2. The van der Waals surface area contributed by atoms with Crippen LogP contribution in [0.25, 0.3) is 0 Å². The Morgan fingerprint density at radius 3 is 2.46 bits per heavy atom. The molecular formula is C23H31NO2. The van der Waals surface area contributed by atoms with E-state index in [0.717, 1.165) is 29.7 Å². The van der Waals surface area contributed by atoms with Gasteiger partial charge in [-0.25, -0.2) is 0 Å². The van der Waals surface area contributed by atoms with Gasteiger partial charge in [0.1, 0.15) is 5.75 Å². The molecule has 26 heavy (non-hydrogen) atoms. The van der Waals surface area contributed by atoms with Gasteiger partial charge in [-0.2, -0.15) is 0 Å². The van der Waals surface area contributed by atoms with Crippen LogP contribution in [0.4, 0.5) is 0 Å². The quantitative estimate of drug-likeness (QED) is 0.740. The van der Waals surface area contributed by atoms with Crippen LogP contribution in [0, 0.1) is 6.92 Å². The first-order chi connectivity index (χ1) is 12.3. The molecule has 2 aromatic rings. The summed E-state index contributed by atoms with van der Waals surface area (Å²) >= 11 is 0.